The molecule has 1 aromatic carbocycles. The lowest BCUT2D eigenvalue weighted by Crippen LogP contribution is -2.49. The summed E-state index contributed by atoms with van der Waals surface area (Å²) in [6, 6.07) is 7.18. The van der Waals surface area contributed by atoms with Gasteiger partial charge in [0, 0.05) is 44.1 Å². The molecule has 1 saturated heterocycles. The third kappa shape index (κ3) is 3.00. The standard InChI is InChI=1S/C16H18N4O2/c1-12-10-18-15(11-17-12)16(22)20-7-5-19(6-8-20)13-3-2-4-14(21)9-13/h2-4,9-11,21H,5-8H2,1H3. The monoisotopic (exact) mass is 298 g/mol. The van der Waals surface area contributed by atoms with E-state index in [9.17, 15) is 9.90 Å². The van der Waals surface area contributed by atoms with Gasteiger partial charge in [0.25, 0.3) is 5.91 Å². The molecule has 1 N–H and O–H groups in total. The largest absolute Gasteiger partial charge is 0.508 e. The molecule has 0 unspecified atom stereocenters. The van der Waals surface area contributed by atoms with Gasteiger partial charge in [0.15, 0.2) is 0 Å². The van der Waals surface area contributed by atoms with Gasteiger partial charge in [-0.2, -0.15) is 0 Å². The van der Waals surface area contributed by atoms with Crippen molar-refractivity contribution in [1.29, 1.82) is 0 Å². The van der Waals surface area contributed by atoms with Crippen molar-refractivity contribution in [2.24, 2.45) is 0 Å². The number of anilines is 1. The Labute approximate surface area is 129 Å². The number of rotatable bonds is 2. The second kappa shape index (κ2) is 6.01. The molecule has 1 aliphatic heterocycles. The first-order valence-corrected chi connectivity index (χ1v) is 7.25. The maximum Gasteiger partial charge on any atom is 0.274 e. The predicted molar refractivity (Wildman–Crippen MR) is 83.0 cm³/mol. The Bertz CT molecular complexity index is 664. The molecule has 0 spiro atoms. The highest BCUT2D eigenvalue weighted by Crippen LogP contribution is 2.21. The van der Waals surface area contributed by atoms with Crippen LogP contribution in [0.25, 0.3) is 0 Å². The molecule has 0 saturated carbocycles. The van der Waals surface area contributed by atoms with Gasteiger partial charge in [0.2, 0.25) is 0 Å². The van der Waals surface area contributed by atoms with Crippen LogP contribution in [0.5, 0.6) is 5.75 Å². The van der Waals surface area contributed by atoms with Crippen LogP contribution in [0.15, 0.2) is 36.7 Å². The van der Waals surface area contributed by atoms with E-state index < -0.39 is 0 Å². The normalized spacial score (nSPS) is 15.0. The minimum absolute atomic E-state index is 0.0805. The van der Waals surface area contributed by atoms with E-state index in [0.717, 1.165) is 24.5 Å². The lowest BCUT2D eigenvalue weighted by molar-refractivity contribution is 0.0740. The number of hydrogen-bond donors (Lipinski definition) is 1. The summed E-state index contributed by atoms with van der Waals surface area (Å²) < 4.78 is 0. The van der Waals surface area contributed by atoms with Gasteiger partial charge in [-0.1, -0.05) is 6.07 Å². The molecule has 1 fully saturated rings. The number of benzene rings is 1. The van der Waals surface area contributed by atoms with E-state index in [0.29, 0.717) is 18.8 Å². The number of carbonyl (C=O) groups excluding carboxylic acids is 1. The number of phenols is 1. The van der Waals surface area contributed by atoms with Crippen molar-refractivity contribution in [1.82, 2.24) is 14.9 Å². The zero-order valence-corrected chi connectivity index (χ0v) is 12.4. The molecule has 2 aromatic rings. The molecule has 1 aliphatic rings. The lowest BCUT2D eigenvalue weighted by Gasteiger charge is -2.36. The summed E-state index contributed by atoms with van der Waals surface area (Å²) in [6.45, 7) is 4.56. The van der Waals surface area contributed by atoms with Crippen molar-refractivity contribution in [2.45, 2.75) is 6.92 Å². The van der Waals surface area contributed by atoms with Crippen molar-refractivity contribution < 1.29 is 9.90 Å². The number of aromatic hydroxyl groups is 1. The molecule has 1 aromatic heterocycles. The van der Waals surface area contributed by atoms with Gasteiger partial charge in [-0.25, -0.2) is 4.98 Å². The summed E-state index contributed by atoms with van der Waals surface area (Å²) in [5.41, 5.74) is 2.16. The number of hydrogen-bond acceptors (Lipinski definition) is 5. The summed E-state index contributed by atoms with van der Waals surface area (Å²) >= 11 is 0. The molecule has 2 heterocycles. The summed E-state index contributed by atoms with van der Waals surface area (Å²) in [6.07, 6.45) is 3.13. The van der Waals surface area contributed by atoms with E-state index in [1.165, 1.54) is 6.20 Å². The summed E-state index contributed by atoms with van der Waals surface area (Å²) in [5, 5.41) is 9.55. The number of piperazine rings is 1. The van der Waals surface area contributed by atoms with Crippen LogP contribution in [0, 0.1) is 6.92 Å². The number of nitrogens with zero attached hydrogens (tertiary/aromatic N) is 4. The Morgan fingerprint density at radius 3 is 2.55 bits per heavy atom. The molecular formula is C16H18N4O2. The third-order valence-electron chi connectivity index (χ3n) is 3.76. The molecule has 0 radical (unpaired) electrons. The summed E-state index contributed by atoms with van der Waals surface area (Å²) in [4.78, 5) is 24.6. The van der Waals surface area contributed by atoms with E-state index in [2.05, 4.69) is 14.9 Å². The van der Waals surface area contributed by atoms with Gasteiger partial charge in [-0.15, -0.1) is 0 Å². The van der Waals surface area contributed by atoms with Crippen molar-refractivity contribution >= 4 is 11.6 Å². The maximum absolute atomic E-state index is 12.4. The van der Waals surface area contributed by atoms with Crippen LogP contribution in [0.3, 0.4) is 0 Å². The molecule has 0 aliphatic carbocycles. The first kappa shape index (κ1) is 14.3. The number of aryl methyl sites for hydroxylation is 1. The molecular weight excluding hydrogens is 280 g/mol. The van der Waals surface area contributed by atoms with Crippen LogP contribution in [-0.2, 0) is 0 Å². The van der Waals surface area contributed by atoms with Gasteiger partial charge >= 0.3 is 0 Å². The van der Waals surface area contributed by atoms with E-state index in [1.807, 2.05) is 19.1 Å². The SMILES string of the molecule is Cc1cnc(C(=O)N2CCN(c3cccc(O)c3)CC2)cn1. The first-order chi connectivity index (χ1) is 10.6. The highest BCUT2D eigenvalue weighted by molar-refractivity contribution is 5.92. The quantitative estimate of drug-likeness (QED) is 0.909. The first-order valence-electron chi connectivity index (χ1n) is 7.25. The fraction of sp³-hybridized carbons (Fsp3) is 0.312. The Balaban J connectivity index is 1.64. The molecule has 1 amide bonds. The van der Waals surface area contributed by atoms with E-state index in [-0.39, 0.29) is 11.7 Å². The second-order valence-electron chi connectivity index (χ2n) is 5.34. The Morgan fingerprint density at radius 1 is 1.14 bits per heavy atom. The molecule has 0 bridgehead atoms. The van der Waals surface area contributed by atoms with Gasteiger partial charge in [-0.05, 0) is 19.1 Å². The van der Waals surface area contributed by atoms with Crippen LogP contribution < -0.4 is 4.90 Å². The highest BCUT2D eigenvalue weighted by atomic mass is 16.3. The zero-order chi connectivity index (χ0) is 15.5. The van der Waals surface area contributed by atoms with Crippen molar-refractivity contribution in [3.05, 3.63) is 48.0 Å². The number of amides is 1. The minimum Gasteiger partial charge on any atom is -0.508 e. The van der Waals surface area contributed by atoms with Gasteiger partial charge < -0.3 is 14.9 Å². The Morgan fingerprint density at radius 2 is 1.91 bits per heavy atom. The van der Waals surface area contributed by atoms with Gasteiger partial charge in [-0.3, -0.25) is 9.78 Å². The van der Waals surface area contributed by atoms with E-state index >= 15 is 0 Å². The summed E-state index contributed by atoms with van der Waals surface area (Å²) in [5.74, 6) is 0.175. The van der Waals surface area contributed by atoms with Crippen LogP contribution in [-0.4, -0.2) is 52.1 Å². The highest BCUT2D eigenvalue weighted by Gasteiger charge is 2.23. The maximum atomic E-state index is 12.4. The van der Waals surface area contributed by atoms with Gasteiger partial charge in [0.05, 0.1) is 11.9 Å². The smallest absolute Gasteiger partial charge is 0.274 e. The third-order valence-corrected chi connectivity index (χ3v) is 3.76. The summed E-state index contributed by atoms with van der Waals surface area (Å²) in [7, 11) is 0. The van der Waals surface area contributed by atoms with Crippen molar-refractivity contribution in [3.63, 3.8) is 0 Å². The predicted octanol–water partition coefficient (Wildman–Crippen LogP) is 1.45. The average Bonchev–Trinajstić information content (AvgIpc) is 2.55. The topological polar surface area (TPSA) is 69.6 Å². The lowest BCUT2D eigenvalue weighted by atomic mass is 10.2. The van der Waals surface area contributed by atoms with Crippen molar-refractivity contribution in [2.75, 3.05) is 31.1 Å². The molecule has 114 valence electrons. The number of aromatic nitrogens is 2. The van der Waals surface area contributed by atoms with Crippen LogP contribution in [0.1, 0.15) is 16.2 Å². The number of phenolic OH excluding ortho intramolecular Hbond substituents is 1. The van der Waals surface area contributed by atoms with Crippen LogP contribution in [0.4, 0.5) is 5.69 Å². The molecule has 6 heteroatoms. The van der Waals surface area contributed by atoms with Crippen LogP contribution in [0.2, 0.25) is 0 Å². The average molecular weight is 298 g/mol. The van der Waals surface area contributed by atoms with Gasteiger partial charge in [0.1, 0.15) is 11.4 Å². The molecule has 22 heavy (non-hydrogen) atoms. The number of carbonyl (C=O) groups is 1. The van der Waals surface area contributed by atoms with E-state index in [1.54, 1.807) is 23.2 Å². The van der Waals surface area contributed by atoms with E-state index in [4.69, 9.17) is 0 Å². The minimum atomic E-state index is -0.0805. The molecule has 3 rings (SSSR count). The second-order valence-corrected chi connectivity index (χ2v) is 5.34. The molecule has 6 nitrogen and oxygen atoms in total. The Kier molecular flexibility index (Phi) is 3.91. The fourth-order valence-electron chi connectivity index (χ4n) is 2.52. The van der Waals surface area contributed by atoms with Crippen LogP contribution >= 0.6 is 0 Å². The molecule has 0 atom stereocenters. The zero-order valence-electron chi connectivity index (χ0n) is 12.4. The fourth-order valence-corrected chi connectivity index (χ4v) is 2.52. The van der Waals surface area contributed by atoms with Crippen molar-refractivity contribution in [3.8, 4) is 5.75 Å². The Hall–Kier alpha value is -2.63.